The highest BCUT2D eigenvalue weighted by molar-refractivity contribution is 5.89. The summed E-state index contributed by atoms with van der Waals surface area (Å²) < 4.78 is 10.5. The molecule has 0 aromatic heterocycles. The van der Waals surface area contributed by atoms with E-state index in [0.717, 1.165) is 57.8 Å². The average molecular weight is 579 g/mol. The normalized spacial score (nSPS) is 12.3. The van der Waals surface area contributed by atoms with Crippen LogP contribution >= 0.6 is 0 Å². The van der Waals surface area contributed by atoms with Crippen LogP contribution in [-0.4, -0.2) is 42.1 Å². The van der Waals surface area contributed by atoms with Crippen LogP contribution in [0.5, 0.6) is 0 Å². The van der Waals surface area contributed by atoms with Gasteiger partial charge >= 0.3 is 11.9 Å². The monoisotopic (exact) mass is 578 g/mol. The summed E-state index contributed by atoms with van der Waals surface area (Å²) in [5, 5.41) is 9.48. The van der Waals surface area contributed by atoms with E-state index in [1.165, 1.54) is 70.6 Å². The largest absolute Gasteiger partial charge is 0.462 e. The van der Waals surface area contributed by atoms with Gasteiger partial charge in [-0.25, -0.2) is 0 Å². The Bertz CT molecular complexity index is 684. The van der Waals surface area contributed by atoms with Gasteiger partial charge in [0.1, 0.15) is 6.61 Å². The van der Waals surface area contributed by atoms with E-state index in [4.69, 9.17) is 9.47 Å². The van der Waals surface area contributed by atoms with Gasteiger partial charge in [0.25, 0.3) is 0 Å². The Morgan fingerprint density at radius 3 is 1.66 bits per heavy atom. The Morgan fingerprint density at radius 2 is 1.10 bits per heavy atom. The van der Waals surface area contributed by atoms with Gasteiger partial charge in [0.05, 0.1) is 6.61 Å². The van der Waals surface area contributed by atoms with E-state index in [2.05, 4.69) is 19.9 Å². The van der Waals surface area contributed by atoms with Crippen LogP contribution in [0.4, 0.5) is 0 Å². The van der Waals surface area contributed by atoms with Gasteiger partial charge in [0, 0.05) is 19.3 Å². The highest BCUT2D eigenvalue weighted by Gasteiger charge is 2.16. The molecule has 0 aromatic carbocycles. The number of ketones is 1. The summed E-state index contributed by atoms with van der Waals surface area (Å²) in [4.78, 5) is 36.0. The summed E-state index contributed by atoms with van der Waals surface area (Å²) in [7, 11) is 0. The number of unbranched alkanes of at least 4 members (excludes halogenated alkanes) is 17. The molecule has 0 radical (unpaired) electrons. The Balaban J connectivity index is 3.68. The van der Waals surface area contributed by atoms with Gasteiger partial charge in [-0.2, -0.15) is 0 Å². The fraction of sp³-hybridized carbons (Fsp3) is 0.800. The number of rotatable bonds is 30. The summed E-state index contributed by atoms with van der Waals surface area (Å²) in [5.74, 6) is -0.526. The zero-order chi connectivity index (χ0) is 30.2. The summed E-state index contributed by atoms with van der Waals surface area (Å²) in [5.41, 5.74) is 0. The molecule has 0 saturated carbocycles. The minimum atomic E-state index is -0.803. The molecular weight excluding hydrogens is 516 g/mol. The van der Waals surface area contributed by atoms with Crippen molar-refractivity contribution in [3.8, 4) is 0 Å². The Labute approximate surface area is 251 Å². The van der Waals surface area contributed by atoms with E-state index in [9.17, 15) is 19.5 Å². The molecule has 41 heavy (non-hydrogen) atoms. The molecule has 6 nitrogen and oxygen atoms in total. The predicted molar refractivity (Wildman–Crippen MR) is 169 cm³/mol. The molecular formula is C35H62O6. The van der Waals surface area contributed by atoms with Crippen molar-refractivity contribution in [3.05, 3.63) is 24.3 Å². The SMILES string of the molecule is CCCCC/C=C\C=C\C(=O)CCCCCCCC(=O)OC[C@H](CO)OC(=O)CCCCCCCCCCCCC. The molecule has 1 N–H and O–H groups in total. The molecule has 0 amide bonds. The summed E-state index contributed by atoms with van der Waals surface area (Å²) in [6, 6.07) is 0. The maximum Gasteiger partial charge on any atom is 0.306 e. The fourth-order valence-corrected chi connectivity index (χ4v) is 4.59. The first-order chi connectivity index (χ1) is 20.0. The molecule has 0 bridgehead atoms. The lowest BCUT2D eigenvalue weighted by atomic mass is 10.1. The molecule has 0 saturated heterocycles. The van der Waals surface area contributed by atoms with Gasteiger partial charge in [0.2, 0.25) is 0 Å². The number of ether oxygens (including phenoxy) is 2. The number of carbonyl (C=O) groups is 3. The Kier molecular flexibility index (Phi) is 29.5. The molecule has 1 atom stereocenters. The first-order valence-corrected chi connectivity index (χ1v) is 16.8. The standard InChI is InChI=1S/C35H62O6/c1-3-5-7-9-11-12-13-14-16-20-25-29-35(39)41-33(30-36)31-40-34(38)28-24-21-17-19-23-27-32(37)26-22-18-15-10-8-6-4-2/h15,18,22,26,33,36H,3-14,16-17,19-21,23-25,27-31H2,1-2H3/b18-15-,26-22+/t33-/m0/s1. The lowest BCUT2D eigenvalue weighted by Gasteiger charge is -2.15. The zero-order valence-electron chi connectivity index (χ0n) is 26.6. The molecule has 0 aliphatic carbocycles. The van der Waals surface area contributed by atoms with E-state index >= 15 is 0 Å². The summed E-state index contributed by atoms with van der Waals surface area (Å²) in [6.45, 7) is 3.96. The van der Waals surface area contributed by atoms with Crippen molar-refractivity contribution in [1.29, 1.82) is 0 Å². The number of hydrogen-bond donors (Lipinski definition) is 1. The highest BCUT2D eigenvalue weighted by Crippen LogP contribution is 2.13. The molecule has 0 spiro atoms. The van der Waals surface area contributed by atoms with Gasteiger partial charge in [-0.3, -0.25) is 14.4 Å². The van der Waals surface area contributed by atoms with Crippen molar-refractivity contribution in [2.75, 3.05) is 13.2 Å². The number of aliphatic hydroxyl groups excluding tert-OH is 1. The van der Waals surface area contributed by atoms with Crippen molar-refractivity contribution in [3.63, 3.8) is 0 Å². The lowest BCUT2D eigenvalue weighted by Crippen LogP contribution is -2.28. The average Bonchev–Trinajstić information content (AvgIpc) is 2.97. The summed E-state index contributed by atoms with van der Waals surface area (Å²) in [6.07, 6.45) is 30.5. The van der Waals surface area contributed by atoms with Gasteiger partial charge in [-0.05, 0) is 38.2 Å². The van der Waals surface area contributed by atoms with E-state index in [-0.39, 0.29) is 30.9 Å². The topological polar surface area (TPSA) is 89.9 Å². The van der Waals surface area contributed by atoms with Crippen LogP contribution in [-0.2, 0) is 23.9 Å². The van der Waals surface area contributed by atoms with Crippen LogP contribution in [0.15, 0.2) is 24.3 Å². The third kappa shape index (κ3) is 29.3. The zero-order valence-corrected chi connectivity index (χ0v) is 26.6. The van der Waals surface area contributed by atoms with Gasteiger partial charge in [-0.1, -0.05) is 128 Å². The van der Waals surface area contributed by atoms with Crippen LogP contribution in [0, 0.1) is 0 Å². The predicted octanol–water partition coefficient (Wildman–Crippen LogP) is 9.13. The van der Waals surface area contributed by atoms with Crippen LogP contribution in [0.25, 0.3) is 0 Å². The molecule has 0 unspecified atom stereocenters. The van der Waals surface area contributed by atoms with Crippen molar-refractivity contribution in [2.45, 2.75) is 168 Å². The van der Waals surface area contributed by atoms with Gasteiger partial charge in [-0.15, -0.1) is 0 Å². The van der Waals surface area contributed by atoms with Crippen molar-refractivity contribution >= 4 is 17.7 Å². The van der Waals surface area contributed by atoms with Crippen molar-refractivity contribution in [1.82, 2.24) is 0 Å². The third-order valence-electron chi connectivity index (χ3n) is 7.22. The van der Waals surface area contributed by atoms with Crippen molar-refractivity contribution < 1.29 is 29.0 Å². The van der Waals surface area contributed by atoms with Gasteiger partial charge in [0.15, 0.2) is 11.9 Å². The minimum Gasteiger partial charge on any atom is -0.462 e. The first kappa shape index (κ1) is 39.0. The van der Waals surface area contributed by atoms with E-state index in [1.807, 2.05) is 12.2 Å². The fourth-order valence-electron chi connectivity index (χ4n) is 4.59. The van der Waals surface area contributed by atoms with E-state index in [1.54, 1.807) is 6.08 Å². The lowest BCUT2D eigenvalue weighted by molar-refractivity contribution is -0.161. The molecule has 0 rings (SSSR count). The molecule has 6 heteroatoms. The van der Waals surface area contributed by atoms with E-state index < -0.39 is 6.10 Å². The molecule has 238 valence electrons. The second-order valence-corrected chi connectivity index (χ2v) is 11.3. The van der Waals surface area contributed by atoms with Gasteiger partial charge < -0.3 is 14.6 Å². The quantitative estimate of drug-likeness (QED) is 0.0396. The number of allylic oxidation sites excluding steroid dienone is 4. The molecule has 0 heterocycles. The van der Waals surface area contributed by atoms with Crippen molar-refractivity contribution in [2.24, 2.45) is 0 Å². The van der Waals surface area contributed by atoms with Crippen LogP contribution < -0.4 is 0 Å². The van der Waals surface area contributed by atoms with Crippen LogP contribution in [0.1, 0.15) is 162 Å². The molecule has 0 aliphatic rings. The summed E-state index contributed by atoms with van der Waals surface area (Å²) >= 11 is 0. The number of esters is 2. The smallest absolute Gasteiger partial charge is 0.306 e. The van der Waals surface area contributed by atoms with Crippen LogP contribution in [0.3, 0.4) is 0 Å². The maximum absolute atomic E-state index is 12.1. The number of carbonyl (C=O) groups excluding carboxylic acids is 3. The second kappa shape index (κ2) is 31.0. The Hall–Kier alpha value is -1.95. The first-order valence-electron chi connectivity index (χ1n) is 16.8. The highest BCUT2D eigenvalue weighted by atomic mass is 16.6. The third-order valence-corrected chi connectivity index (χ3v) is 7.22. The minimum absolute atomic E-state index is 0.108. The Morgan fingerprint density at radius 1 is 0.610 bits per heavy atom. The number of hydrogen-bond acceptors (Lipinski definition) is 6. The van der Waals surface area contributed by atoms with Crippen LogP contribution in [0.2, 0.25) is 0 Å². The molecule has 0 aliphatic heterocycles. The molecule has 0 aromatic rings. The molecule has 0 fully saturated rings. The van der Waals surface area contributed by atoms with E-state index in [0.29, 0.717) is 19.3 Å². The number of aliphatic hydroxyl groups is 1. The second-order valence-electron chi connectivity index (χ2n) is 11.3. The maximum atomic E-state index is 12.1.